The molecule has 0 N–H and O–H groups in total. The van der Waals surface area contributed by atoms with E-state index in [9.17, 15) is 4.79 Å². The molecule has 0 atom stereocenters. The highest BCUT2D eigenvalue weighted by Crippen LogP contribution is 2.33. The second-order valence-electron chi connectivity index (χ2n) is 4.43. The van der Waals surface area contributed by atoms with Gasteiger partial charge in [0.1, 0.15) is 5.75 Å². The molecule has 2 rings (SSSR count). The van der Waals surface area contributed by atoms with E-state index in [4.69, 9.17) is 39.5 Å². The largest absolute Gasteiger partial charge is 0.482 e. The number of carbonyl (C=O) groups excluding carboxylic acids is 1. The van der Waals surface area contributed by atoms with Crippen LogP contribution in [0.4, 0.5) is 0 Å². The molecule has 0 radical (unpaired) electrons. The van der Waals surface area contributed by atoms with Crippen molar-refractivity contribution in [2.24, 2.45) is 0 Å². The van der Waals surface area contributed by atoms with Crippen molar-refractivity contribution in [3.05, 3.63) is 27.2 Å². The normalized spacial score (nSPS) is 15.4. The summed E-state index contributed by atoms with van der Waals surface area (Å²) in [6, 6.07) is 3.03. The number of hydrogen-bond donors (Lipinski definition) is 0. The first-order valence-corrected chi connectivity index (χ1v) is 7.26. The van der Waals surface area contributed by atoms with Gasteiger partial charge in [-0.25, -0.2) is 0 Å². The van der Waals surface area contributed by atoms with Gasteiger partial charge >= 0.3 is 0 Å². The predicted octanol–water partition coefficient (Wildman–Crippen LogP) is 4.04. The molecule has 0 aliphatic carbocycles. The van der Waals surface area contributed by atoms with E-state index in [1.54, 1.807) is 0 Å². The highest BCUT2D eigenvalue weighted by molar-refractivity contribution is 6.43. The molecule has 104 valence electrons. The Morgan fingerprint density at radius 2 is 1.68 bits per heavy atom. The minimum absolute atomic E-state index is 0.0261. The van der Waals surface area contributed by atoms with Crippen LogP contribution in [0.3, 0.4) is 0 Å². The second kappa shape index (κ2) is 6.69. The fourth-order valence-corrected chi connectivity index (χ4v) is 2.58. The molecule has 1 saturated heterocycles. The monoisotopic (exact) mass is 321 g/mol. The molecule has 6 heteroatoms. The maximum Gasteiger partial charge on any atom is 0.260 e. The Balaban J connectivity index is 1.94. The first kappa shape index (κ1) is 14.8. The molecule has 0 aromatic heterocycles. The van der Waals surface area contributed by atoms with E-state index >= 15 is 0 Å². The van der Waals surface area contributed by atoms with Crippen LogP contribution in [0.5, 0.6) is 5.75 Å². The maximum absolute atomic E-state index is 11.9. The van der Waals surface area contributed by atoms with E-state index in [0.29, 0.717) is 20.8 Å². The first-order chi connectivity index (χ1) is 9.08. The standard InChI is InChI=1S/C13H14Cl3NO2/c14-9-6-11(16)12(7-10(9)15)19-8-13(18)17-4-2-1-3-5-17/h6-7H,1-5,8H2. The lowest BCUT2D eigenvalue weighted by atomic mass is 10.1. The van der Waals surface area contributed by atoms with Crippen LogP contribution in [-0.4, -0.2) is 30.5 Å². The third-order valence-corrected chi connectivity index (χ3v) is 4.05. The van der Waals surface area contributed by atoms with Crippen molar-refractivity contribution < 1.29 is 9.53 Å². The fourth-order valence-electron chi connectivity index (χ4n) is 1.99. The lowest BCUT2D eigenvalue weighted by Crippen LogP contribution is -2.38. The summed E-state index contributed by atoms with van der Waals surface area (Å²) < 4.78 is 5.42. The average molecular weight is 323 g/mol. The molecular weight excluding hydrogens is 309 g/mol. The van der Waals surface area contributed by atoms with Gasteiger partial charge in [0.15, 0.2) is 6.61 Å². The smallest absolute Gasteiger partial charge is 0.260 e. The molecule has 1 amide bonds. The van der Waals surface area contributed by atoms with Crippen LogP contribution in [0.25, 0.3) is 0 Å². The SMILES string of the molecule is O=C(COc1cc(Cl)c(Cl)cc1Cl)N1CCCCC1. The van der Waals surface area contributed by atoms with E-state index in [-0.39, 0.29) is 12.5 Å². The number of ether oxygens (including phenoxy) is 1. The summed E-state index contributed by atoms with van der Waals surface area (Å²) in [4.78, 5) is 13.7. The molecule has 0 saturated carbocycles. The molecule has 0 unspecified atom stereocenters. The van der Waals surface area contributed by atoms with Crippen molar-refractivity contribution in [3.63, 3.8) is 0 Å². The number of carbonyl (C=O) groups is 1. The first-order valence-electron chi connectivity index (χ1n) is 6.13. The zero-order valence-corrected chi connectivity index (χ0v) is 12.6. The van der Waals surface area contributed by atoms with Gasteiger partial charge in [-0.2, -0.15) is 0 Å². The Hall–Kier alpha value is -0.640. The zero-order chi connectivity index (χ0) is 13.8. The van der Waals surface area contributed by atoms with Gasteiger partial charge in [0.25, 0.3) is 5.91 Å². The predicted molar refractivity (Wildman–Crippen MR) is 77.4 cm³/mol. The molecule has 1 fully saturated rings. The van der Waals surface area contributed by atoms with E-state index in [2.05, 4.69) is 0 Å². The quantitative estimate of drug-likeness (QED) is 0.786. The van der Waals surface area contributed by atoms with Crippen LogP contribution < -0.4 is 4.74 Å². The van der Waals surface area contributed by atoms with Crippen LogP contribution in [0.15, 0.2) is 12.1 Å². The molecular formula is C13H14Cl3NO2. The Kier molecular flexibility index (Phi) is 5.20. The molecule has 0 bridgehead atoms. The van der Waals surface area contributed by atoms with Crippen LogP contribution in [0, 0.1) is 0 Å². The summed E-state index contributed by atoms with van der Waals surface area (Å²) in [6.07, 6.45) is 3.29. The Morgan fingerprint density at radius 1 is 1.05 bits per heavy atom. The van der Waals surface area contributed by atoms with Gasteiger partial charge in [-0.15, -0.1) is 0 Å². The van der Waals surface area contributed by atoms with Crippen LogP contribution >= 0.6 is 34.8 Å². The number of piperidine rings is 1. The Morgan fingerprint density at radius 3 is 2.37 bits per heavy atom. The maximum atomic E-state index is 11.9. The van der Waals surface area contributed by atoms with Gasteiger partial charge in [-0.1, -0.05) is 34.8 Å². The molecule has 1 heterocycles. The van der Waals surface area contributed by atoms with Gasteiger partial charge < -0.3 is 9.64 Å². The number of likely N-dealkylation sites (tertiary alicyclic amines) is 1. The highest BCUT2D eigenvalue weighted by atomic mass is 35.5. The van der Waals surface area contributed by atoms with Gasteiger partial charge in [0, 0.05) is 19.2 Å². The summed E-state index contributed by atoms with van der Waals surface area (Å²) in [6.45, 7) is 1.58. The lowest BCUT2D eigenvalue weighted by Gasteiger charge is -2.26. The number of rotatable bonds is 3. The summed E-state index contributed by atoms with van der Waals surface area (Å²) in [7, 11) is 0. The highest BCUT2D eigenvalue weighted by Gasteiger charge is 2.17. The number of benzene rings is 1. The van der Waals surface area contributed by atoms with Crippen molar-refractivity contribution in [3.8, 4) is 5.75 Å². The summed E-state index contributed by atoms with van der Waals surface area (Å²) in [5.74, 6) is 0.350. The van der Waals surface area contributed by atoms with E-state index in [0.717, 1.165) is 25.9 Å². The topological polar surface area (TPSA) is 29.5 Å². The zero-order valence-electron chi connectivity index (χ0n) is 10.3. The van der Waals surface area contributed by atoms with Crippen LogP contribution in [0.2, 0.25) is 15.1 Å². The summed E-state index contributed by atoms with van der Waals surface area (Å²) in [5.41, 5.74) is 0. The second-order valence-corrected chi connectivity index (χ2v) is 5.65. The van der Waals surface area contributed by atoms with Crippen molar-refractivity contribution in [1.82, 2.24) is 4.90 Å². The summed E-state index contributed by atoms with van der Waals surface area (Å²) >= 11 is 17.7. The Bertz CT molecular complexity index is 473. The van der Waals surface area contributed by atoms with Crippen molar-refractivity contribution in [2.75, 3.05) is 19.7 Å². The molecule has 1 aromatic rings. The third kappa shape index (κ3) is 3.91. The van der Waals surface area contributed by atoms with Crippen molar-refractivity contribution in [1.29, 1.82) is 0 Å². The number of nitrogens with zero attached hydrogens (tertiary/aromatic N) is 1. The molecule has 19 heavy (non-hydrogen) atoms. The van der Waals surface area contributed by atoms with Crippen molar-refractivity contribution in [2.45, 2.75) is 19.3 Å². The number of hydrogen-bond acceptors (Lipinski definition) is 2. The molecule has 0 spiro atoms. The lowest BCUT2D eigenvalue weighted by molar-refractivity contribution is -0.134. The van der Waals surface area contributed by atoms with Gasteiger partial charge in [0.2, 0.25) is 0 Å². The summed E-state index contributed by atoms with van der Waals surface area (Å²) in [5, 5.41) is 1.06. The van der Waals surface area contributed by atoms with Gasteiger partial charge in [0.05, 0.1) is 15.1 Å². The fraction of sp³-hybridized carbons (Fsp3) is 0.462. The minimum atomic E-state index is -0.0301. The van der Waals surface area contributed by atoms with Crippen LogP contribution in [0.1, 0.15) is 19.3 Å². The molecule has 3 nitrogen and oxygen atoms in total. The van der Waals surface area contributed by atoms with E-state index in [1.165, 1.54) is 18.6 Å². The van der Waals surface area contributed by atoms with Gasteiger partial charge in [-0.3, -0.25) is 4.79 Å². The molecule has 1 aliphatic rings. The average Bonchev–Trinajstić information content (AvgIpc) is 2.42. The number of halogens is 3. The molecule has 1 aromatic carbocycles. The minimum Gasteiger partial charge on any atom is -0.482 e. The third-order valence-electron chi connectivity index (χ3n) is 3.03. The Labute approximate surface area is 127 Å². The number of amides is 1. The van der Waals surface area contributed by atoms with Crippen LogP contribution in [-0.2, 0) is 4.79 Å². The molecule has 1 aliphatic heterocycles. The van der Waals surface area contributed by atoms with Crippen molar-refractivity contribution >= 4 is 40.7 Å². The van der Waals surface area contributed by atoms with E-state index < -0.39 is 0 Å². The van der Waals surface area contributed by atoms with Gasteiger partial charge in [-0.05, 0) is 25.3 Å². The van der Waals surface area contributed by atoms with E-state index in [1.807, 2.05) is 4.90 Å².